The van der Waals surface area contributed by atoms with Crippen LogP contribution in [0.3, 0.4) is 0 Å². The second-order valence-electron chi connectivity index (χ2n) is 5.15. The summed E-state index contributed by atoms with van der Waals surface area (Å²) in [4.78, 5) is 0.278. The van der Waals surface area contributed by atoms with E-state index in [4.69, 9.17) is 9.47 Å². The van der Waals surface area contributed by atoms with Gasteiger partial charge in [0.15, 0.2) is 0 Å². The molecule has 0 bridgehead atoms. The third-order valence-corrected chi connectivity index (χ3v) is 6.54. The van der Waals surface area contributed by atoms with Gasteiger partial charge in [0.05, 0.1) is 17.6 Å². The summed E-state index contributed by atoms with van der Waals surface area (Å²) < 4.78 is 38.2. The molecule has 1 atom stereocenters. The minimum absolute atomic E-state index is 0.278. The van der Waals surface area contributed by atoms with Crippen LogP contribution in [0.4, 0.5) is 0 Å². The van der Waals surface area contributed by atoms with Crippen molar-refractivity contribution in [3.63, 3.8) is 0 Å². The zero-order chi connectivity index (χ0) is 15.5. The molecule has 0 amide bonds. The Bertz CT molecular complexity index is 595. The van der Waals surface area contributed by atoms with Gasteiger partial charge in [-0.2, -0.15) is 11.8 Å². The molecule has 0 aliphatic carbocycles. The van der Waals surface area contributed by atoms with Gasteiger partial charge in [-0.15, -0.1) is 0 Å². The smallest absolute Gasteiger partial charge is 0.240 e. The fraction of sp³-hybridized carbons (Fsp3) is 0.571. The summed E-state index contributed by atoms with van der Waals surface area (Å²) in [6.45, 7) is 2.05. The van der Waals surface area contributed by atoms with E-state index < -0.39 is 15.6 Å². The molecule has 21 heavy (non-hydrogen) atoms. The normalized spacial score (nSPS) is 22.4. The third kappa shape index (κ3) is 3.71. The van der Waals surface area contributed by atoms with Crippen molar-refractivity contribution in [2.75, 3.05) is 32.3 Å². The molecular weight excluding hydrogens is 310 g/mol. The number of hydrogen-bond donors (Lipinski definition) is 1. The molecule has 0 aromatic heterocycles. The lowest BCUT2D eigenvalue weighted by atomic mass is 10.0. The van der Waals surface area contributed by atoms with Crippen LogP contribution in [-0.2, 0) is 14.8 Å². The van der Waals surface area contributed by atoms with E-state index in [1.807, 2.05) is 0 Å². The molecule has 0 radical (unpaired) electrons. The average Bonchev–Trinajstić information content (AvgIpc) is 2.94. The van der Waals surface area contributed by atoms with E-state index in [0.29, 0.717) is 17.9 Å². The lowest BCUT2D eigenvalue weighted by Gasteiger charge is -2.26. The first kappa shape index (κ1) is 16.6. The first-order valence-corrected chi connectivity index (χ1v) is 9.33. The Morgan fingerprint density at radius 2 is 2.14 bits per heavy atom. The van der Waals surface area contributed by atoms with Crippen LogP contribution in [0.5, 0.6) is 5.75 Å². The zero-order valence-electron chi connectivity index (χ0n) is 12.5. The second-order valence-corrected chi connectivity index (χ2v) is 7.99. The Labute approximate surface area is 130 Å². The van der Waals surface area contributed by atoms with Crippen molar-refractivity contribution in [1.29, 1.82) is 0 Å². The quantitative estimate of drug-likeness (QED) is 0.861. The van der Waals surface area contributed by atoms with E-state index in [1.54, 1.807) is 51.1 Å². The zero-order valence-corrected chi connectivity index (χ0v) is 14.1. The predicted octanol–water partition coefficient (Wildman–Crippen LogP) is 1.80. The maximum absolute atomic E-state index is 12.5. The molecule has 1 aliphatic heterocycles. The van der Waals surface area contributed by atoms with Crippen LogP contribution >= 0.6 is 11.8 Å². The molecular formula is C14H21NO4S2. The van der Waals surface area contributed by atoms with Crippen molar-refractivity contribution < 1.29 is 17.9 Å². The molecule has 7 heteroatoms. The van der Waals surface area contributed by atoms with Crippen molar-refractivity contribution in [2.24, 2.45) is 0 Å². The first-order chi connectivity index (χ1) is 9.92. The summed E-state index contributed by atoms with van der Waals surface area (Å²) in [7, 11) is -0.352. The highest BCUT2D eigenvalue weighted by Crippen LogP contribution is 2.31. The molecule has 1 aromatic carbocycles. The highest BCUT2D eigenvalue weighted by Gasteiger charge is 2.35. The van der Waals surface area contributed by atoms with Crippen molar-refractivity contribution in [3.8, 4) is 5.75 Å². The van der Waals surface area contributed by atoms with Crippen LogP contribution in [-0.4, -0.2) is 46.3 Å². The Morgan fingerprint density at radius 1 is 1.38 bits per heavy atom. The van der Waals surface area contributed by atoms with E-state index >= 15 is 0 Å². The van der Waals surface area contributed by atoms with E-state index in [2.05, 4.69) is 4.72 Å². The van der Waals surface area contributed by atoms with Crippen LogP contribution in [0, 0.1) is 6.92 Å². The summed E-state index contributed by atoms with van der Waals surface area (Å²) >= 11 is 1.78. The minimum Gasteiger partial charge on any atom is -0.497 e. The number of sulfonamides is 1. The number of aryl methyl sites for hydroxylation is 1. The van der Waals surface area contributed by atoms with Crippen molar-refractivity contribution in [3.05, 3.63) is 23.8 Å². The summed E-state index contributed by atoms with van der Waals surface area (Å²) in [5, 5.41) is 0. The fourth-order valence-corrected chi connectivity index (χ4v) is 5.05. The Balaban J connectivity index is 2.15. The predicted molar refractivity (Wildman–Crippen MR) is 84.6 cm³/mol. The highest BCUT2D eigenvalue weighted by molar-refractivity contribution is 7.99. The van der Waals surface area contributed by atoms with E-state index in [-0.39, 0.29) is 4.90 Å². The van der Waals surface area contributed by atoms with Gasteiger partial charge >= 0.3 is 0 Å². The molecule has 1 heterocycles. The van der Waals surface area contributed by atoms with Crippen molar-refractivity contribution in [2.45, 2.75) is 23.8 Å². The molecule has 2 rings (SSSR count). The van der Waals surface area contributed by atoms with Crippen LogP contribution in [0.2, 0.25) is 0 Å². The monoisotopic (exact) mass is 331 g/mol. The van der Waals surface area contributed by atoms with E-state index in [9.17, 15) is 8.42 Å². The largest absolute Gasteiger partial charge is 0.497 e. The molecule has 0 saturated carbocycles. The summed E-state index contributed by atoms with van der Waals surface area (Å²) in [5.41, 5.74) is 0.270. The number of nitrogens with one attached hydrogen (secondary N) is 1. The van der Waals surface area contributed by atoms with Crippen molar-refractivity contribution >= 4 is 21.8 Å². The van der Waals surface area contributed by atoms with Crippen LogP contribution < -0.4 is 9.46 Å². The average molecular weight is 331 g/mol. The van der Waals surface area contributed by atoms with Crippen LogP contribution in [0.15, 0.2) is 23.1 Å². The fourth-order valence-electron chi connectivity index (χ4n) is 2.32. The van der Waals surface area contributed by atoms with Crippen LogP contribution in [0.25, 0.3) is 0 Å². The molecule has 0 spiro atoms. The summed E-state index contributed by atoms with van der Waals surface area (Å²) in [6, 6.07) is 4.94. The highest BCUT2D eigenvalue weighted by atomic mass is 32.2. The molecule has 0 unspecified atom stereocenters. The third-order valence-electron chi connectivity index (χ3n) is 3.76. The van der Waals surface area contributed by atoms with Gasteiger partial charge < -0.3 is 9.47 Å². The lowest BCUT2D eigenvalue weighted by molar-refractivity contribution is 0.0179. The number of thioether (sulfide) groups is 1. The van der Waals surface area contributed by atoms with Gasteiger partial charge in [0, 0.05) is 19.4 Å². The number of rotatable bonds is 6. The maximum Gasteiger partial charge on any atom is 0.240 e. The molecule has 1 fully saturated rings. The Morgan fingerprint density at radius 3 is 2.67 bits per heavy atom. The number of hydrogen-bond acceptors (Lipinski definition) is 5. The summed E-state index contributed by atoms with van der Waals surface area (Å²) in [6.07, 6.45) is 0.859. The molecule has 1 N–H and O–H groups in total. The van der Waals surface area contributed by atoms with Crippen molar-refractivity contribution in [1.82, 2.24) is 4.72 Å². The Hall–Kier alpha value is -0.760. The Kier molecular flexibility index (Phi) is 5.19. The first-order valence-electron chi connectivity index (χ1n) is 6.70. The standard InChI is InChI=1S/C14H21NO4S2/c1-11-8-12(18-2)4-5-13(11)21(16,17)15-9-14(19-3)6-7-20-10-14/h4-5,8,15H,6-7,9-10H2,1-3H3/t14-/m1/s1. The molecule has 118 valence electrons. The van der Waals surface area contributed by atoms with Gasteiger partial charge in [-0.05, 0) is 42.9 Å². The lowest BCUT2D eigenvalue weighted by Crippen LogP contribution is -2.44. The van der Waals surface area contributed by atoms with Gasteiger partial charge in [-0.3, -0.25) is 0 Å². The number of methoxy groups -OCH3 is 2. The molecule has 1 aromatic rings. The van der Waals surface area contributed by atoms with Gasteiger partial charge in [-0.25, -0.2) is 13.1 Å². The van der Waals surface area contributed by atoms with E-state index in [1.165, 1.54) is 0 Å². The minimum atomic E-state index is -3.55. The summed E-state index contributed by atoms with van der Waals surface area (Å²) in [5.74, 6) is 2.46. The molecule has 1 aliphatic rings. The topological polar surface area (TPSA) is 64.6 Å². The molecule has 1 saturated heterocycles. The SMILES string of the molecule is COc1ccc(S(=O)(=O)NC[C@]2(OC)CCSC2)c(C)c1. The number of ether oxygens (including phenoxy) is 2. The second kappa shape index (κ2) is 6.56. The van der Waals surface area contributed by atoms with Gasteiger partial charge in [0.2, 0.25) is 10.0 Å². The maximum atomic E-state index is 12.5. The van der Waals surface area contributed by atoms with Gasteiger partial charge in [-0.1, -0.05) is 0 Å². The van der Waals surface area contributed by atoms with Gasteiger partial charge in [0.25, 0.3) is 0 Å². The van der Waals surface area contributed by atoms with Gasteiger partial charge in [0.1, 0.15) is 5.75 Å². The number of benzene rings is 1. The van der Waals surface area contributed by atoms with E-state index in [0.717, 1.165) is 17.9 Å². The van der Waals surface area contributed by atoms with Crippen LogP contribution in [0.1, 0.15) is 12.0 Å². The molecule has 5 nitrogen and oxygen atoms in total.